The van der Waals surface area contributed by atoms with Crippen molar-refractivity contribution in [1.82, 2.24) is 4.98 Å². The molecular formula is C16H15ClFNO. The second-order valence-corrected chi connectivity index (χ2v) is 5.26. The fourth-order valence-electron chi connectivity index (χ4n) is 2.54. The van der Waals surface area contributed by atoms with Crippen molar-refractivity contribution in [2.45, 2.75) is 31.6 Å². The predicted octanol–water partition coefficient (Wildman–Crippen LogP) is 4.63. The van der Waals surface area contributed by atoms with Gasteiger partial charge in [0.25, 0.3) is 0 Å². The zero-order valence-corrected chi connectivity index (χ0v) is 11.8. The number of aromatic nitrogens is 1. The zero-order chi connectivity index (χ0) is 13.9. The first-order chi connectivity index (χ1) is 9.76. The predicted molar refractivity (Wildman–Crippen MR) is 76.9 cm³/mol. The molecule has 0 unspecified atom stereocenters. The first-order valence-electron chi connectivity index (χ1n) is 6.76. The molecule has 0 aliphatic heterocycles. The van der Waals surface area contributed by atoms with Gasteiger partial charge < -0.3 is 4.74 Å². The molecule has 2 nitrogen and oxygen atoms in total. The SMILES string of the molecule is Fc1cnc(Oc2ccc3c(c2)CCCC3)c(CCl)c1. The molecule has 1 aliphatic carbocycles. The standard InChI is InChI=1S/C16H15ClFNO/c17-9-13-7-14(18)10-19-16(13)20-15-6-5-11-3-1-2-4-12(11)8-15/h5-8,10H,1-4,9H2. The third-order valence-corrected chi connectivity index (χ3v) is 3.86. The Morgan fingerprint density at radius 3 is 2.75 bits per heavy atom. The van der Waals surface area contributed by atoms with E-state index in [9.17, 15) is 4.39 Å². The molecule has 0 fully saturated rings. The average molecular weight is 292 g/mol. The van der Waals surface area contributed by atoms with E-state index >= 15 is 0 Å². The Bertz CT molecular complexity index is 630. The van der Waals surface area contributed by atoms with E-state index in [0.29, 0.717) is 11.4 Å². The van der Waals surface area contributed by atoms with Crippen molar-refractivity contribution in [3.05, 3.63) is 53.0 Å². The molecule has 20 heavy (non-hydrogen) atoms. The molecule has 0 radical (unpaired) electrons. The van der Waals surface area contributed by atoms with E-state index in [1.54, 1.807) is 0 Å². The molecule has 3 rings (SSSR count). The van der Waals surface area contributed by atoms with E-state index in [4.69, 9.17) is 16.3 Å². The molecule has 1 aromatic carbocycles. The Morgan fingerprint density at radius 1 is 1.15 bits per heavy atom. The summed E-state index contributed by atoms with van der Waals surface area (Å²) >= 11 is 5.80. The molecule has 0 bridgehead atoms. The second-order valence-electron chi connectivity index (χ2n) is 4.99. The largest absolute Gasteiger partial charge is 0.439 e. The number of hydrogen-bond acceptors (Lipinski definition) is 2. The Kier molecular flexibility index (Phi) is 3.88. The number of halogens is 2. The van der Waals surface area contributed by atoms with E-state index < -0.39 is 5.82 Å². The van der Waals surface area contributed by atoms with Crippen LogP contribution in [0.15, 0.2) is 30.5 Å². The summed E-state index contributed by atoms with van der Waals surface area (Å²) in [6, 6.07) is 7.45. The van der Waals surface area contributed by atoms with Crippen LogP contribution < -0.4 is 4.74 Å². The molecule has 1 heterocycles. The van der Waals surface area contributed by atoms with Gasteiger partial charge in [0.15, 0.2) is 0 Å². The van der Waals surface area contributed by atoms with Gasteiger partial charge >= 0.3 is 0 Å². The summed E-state index contributed by atoms with van der Waals surface area (Å²) in [7, 11) is 0. The van der Waals surface area contributed by atoms with Crippen LogP contribution in [-0.4, -0.2) is 4.98 Å². The van der Waals surface area contributed by atoms with Crippen molar-refractivity contribution >= 4 is 11.6 Å². The highest BCUT2D eigenvalue weighted by atomic mass is 35.5. The lowest BCUT2D eigenvalue weighted by molar-refractivity contribution is 0.453. The van der Waals surface area contributed by atoms with Gasteiger partial charge in [0.05, 0.1) is 12.1 Å². The first-order valence-corrected chi connectivity index (χ1v) is 7.30. The van der Waals surface area contributed by atoms with Gasteiger partial charge in [-0.2, -0.15) is 0 Å². The van der Waals surface area contributed by atoms with Crippen molar-refractivity contribution in [3.8, 4) is 11.6 Å². The average Bonchev–Trinajstić information content (AvgIpc) is 2.49. The Labute approximate surface area is 122 Å². The molecule has 104 valence electrons. The lowest BCUT2D eigenvalue weighted by Crippen LogP contribution is -2.02. The van der Waals surface area contributed by atoms with Crippen molar-refractivity contribution < 1.29 is 9.13 Å². The van der Waals surface area contributed by atoms with E-state index in [1.807, 2.05) is 6.07 Å². The number of rotatable bonds is 3. The van der Waals surface area contributed by atoms with Crippen LogP contribution in [0.5, 0.6) is 11.6 Å². The fraction of sp³-hybridized carbons (Fsp3) is 0.312. The second kappa shape index (κ2) is 5.80. The number of ether oxygens (including phenoxy) is 1. The molecule has 2 aromatic rings. The smallest absolute Gasteiger partial charge is 0.223 e. The minimum atomic E-state index is -0.404. The van der Waals surface area contributed by atoms with Gasteiger partial charge in [0.1, 0.15) is 11.6 Å². The molecule has 0 saturated heterocycles. The quantitative estimate of drug-likeness (QED) is 0.769. The molecule has 0 N–H and O–H groups in total. The first kappa shape index (κ1) is 13.4. The molecule has 1 aromatic heterocycles. The van der Waals surface area contributed by atoms with Crippen LogP contribution in [0.1, 0.15) is 29.5 Å². The van der Waals surface area contributed by atoms with Crippen molar-refractivity contribution in [2.75, 3.05) is 0 Å². The van der Waals surface area contributed by atoms with Gasteiger partial charge in [0.2, 0.25) is 5.88 Å². The number of pyridine rings is 1. The van der Waals surface area contributed by atoms with Crippen LogP contribution in [0.3, 0.4) is 0 Å². The van der Waals surface area contributed by atoms with Gasteiger partial charge in [-0.05, 0) is 55.0 Å². The Balaban J connectivity index is 1.87. The summed E-state index contributed by atoms with van der Waals surface area (Å²) in [5.74, 6) is 0.872. The van der Waals surface area contributed by atoms with E-state index in [2.05, 4.69) is 17.1 Å². The topological polar surface area (TPSA) is 22.1 Å². The van der Waals surface area contributed by atoms with Gasteiger partial charge in [0, 0.05) is 5.56 Å². The molecular weight excluding hydrogens is 277 g/mol. The zero-order valence-electron chi connectivity index (χ0n) is 11.0. The van der Waals surface area contributed by atoms with Gasteiger partial charge in [-0.15, -0.1) is 11.6 Å². The molecule has 4 heteroatoms. The number of fused-ring (bicyclic) bond motifs is 1. The van der Waals surface area contributed by atoms with Crippen molar-refractivity contribution in [3.63, 3.8) is 0 Å². The molecule has 0 saturated carbocycles. The summed E-state index contributed by atoms with van der Waals surface area (Å²) in [6.45, 7) is 0. The van der Waals surface area contributed by atoms with Gasteiger partial charge in [-0.25, -0.2) is 9.37 Å². The normalized spacial score (nSPS) is 13.9. The fourth-order valence-corrected chi connectivity index (χ4v) is 2.73. The summed E-state index contributed by atoms with van der Waals surface area (Å²) in [4.78, 5) is 3.97. The number of benzene rings is 1. The van der Waals surface area contributed by atoms with Crippen LogP contribution in [-0.2, 0) is 18.7 Å². The number of nitrogens with zero attached hydrogens (tertiary/aromatic N) is 1. The van der Waals surface area contributed by atoms with Crippen LogP contribution in [0.25, 0.3) is 0 Å². The maximum Gasteiger partial charge on any atom is 0.223 e. The third-order valence-electron chi connectivity index (χ3n) is 3.57. The highest BCUT2D eigenvalue weighted by Gasteiger charge is 2.12. The van der Waals surface area contributed by atoms with Crippen molar-refractivity contribution in [2.24, 2.45) is 0 Å². The Hall–Kier alpha value is -1.61. The van der Waals surface area contributed by atoms with Crippen LogP contribution in [0.2, 0.25) is 0 Å². The minimum Gasteiger partial charge on any atom is -0.439 e. The van der Waals surface area contributed by atoms with E-state index in [1.165, 1.54) is 30.0 Å². The summed E-state index contributed by atoms with van der Waals surface area (Å²) in [5.41, 5.74) is 3.29. The maximum absolute atomic E-state index is 13.1. The highest BCUT2D eigenvalue weighted by Crippen LogP contribution is 2.29. The van der Waals surface area contributed by atoms with Gasteiger partial charge in [-0.3, -0.25) is 0 Å². The van der Waals surface area contributed by atoms with E-state index in [-0.39, 0.29) is 5.88 Å². The molecule has 0 atom stereocenters. The number of aryl methyl sites for hydroxylation is 2. The monoisotopic (exact) mass is 291 g/mol. The van der Waals surface area contributed by atoms with E-state index in [0.717, 1.165) is 24.8 Å². The number of alkyl halides is 1. The summed E-state index contributed by atoms with van der Waals surface area (Å²) < 4.78 is 18.9. The summed E-state index contributed by atoms with van der Waals surface area (Å²) in [6.07, 6.45) is 5.84. The number of hydrogen-bond donors (Lipinski definition) is 0. The Morgan fingerprint density at radius 2 is 1.95 bits per heavy atom. The highest BCUT2D eigenvalue weighted by molar-refractivity contribution is 6.17. The lowest BCUT2D eigenvalue weighted by Gasteiger charge is -2.17. The van der Waals surface area contributed by atoms with Crippen LogP contribution in [0, 0.1) is 5.82 Å². The molecule has 0 spiro atoms. The minimum absolute atomic E-state index is 0.172. The van der Waals surface area contributed by atoms with Crippen molar-refractivity contribution in [1.29, 1.82) is 0 Å². The van der Waals surface area contributed by atoms with Crippen LogP contribution in [0.4, 0.5) is 4.39 Å². The lowest BCUT2D eigenvalue weighted by atomic mass is 9.92. The molecule has 0 amide bonds. The third kappa shape index (κ3) is 2.78. The maximum atomic E-state index is 13.1. The van der Waals surface area contributed by atoms with Crippen LogP contribution >= 0.6 is 11.6 Å². The summed E-state index contributed by atoms with van der Waals surface area (Å²) in [5, 5.41) is 0. The molecule has 1 aliphatic rings. The van der Waals surface area contributed by atoms with Gasteiger partial charge in [-0.1, -0.05) is 6.07 Å².